The van der Waals surface area contributed by atoms with Crippen LogP contribution in [0.15, 0.2) is 6.20 Å². The lowest BCUT2D eigenvalue weighted by molar-refractivity contribution is -0.136. The molecule has 1 amide bonds. The number of hydrogen-bond donors (Lipinski definition) is 1. The molecule has 2 N–H and O–H groups in total. The lowest BCUT2D eigenvalue weighted by atomic mass is 10.2. The molecule has 0 radical (unpaired) electrons. The molecule has 0 aromatic carbocycles. The Hall–Kier alpha value is -3.26. The predicted molar refractivity (Wildman–Crippen MR) is 123 cm³/mol. The fourth-order valence-electron chi connectivity index (χ4n) is 3.82. The molecule has 0 aliphatic carbocycles. The minimum atomic E-state index is -2.88. The van der Waals surface area contributed by atoms with Crippen LogP contribution in [0.1, 0.15) is 25.5 Å². The molecular weight excluding hydrogens is 464 g/mol. The van der Waals surface area contributed by atoms with Crippen LogP contribution in [0.2, 0.25) is 0 Å². The Morgan fingerprint density at radius 3 is 2.34 bits per heavy atom. The fraction of sp³-hybridized carbons (Fsp3) is 0.619. The summed E-state index contributed by atoms with van der Waals surface area (Å²) in [6.45, 7) is 6.60. The van der Waals surface area contributed by atoms with Gasteiger partial charge in [-0.1, -0.05) is 6.92 Å². The smallest absolute Gasteiger partial charge is 0.281 e. The number of anilines is 3. The number of nitrogens with two attached hydrogens (primary N) is 1. The zero-order chi connectivity index (χ0) is 24.8. The molecular formula is C21H29F2N9O3. The molecule has 2 fully saturated rings. The van der Waals surface area contributed by atoms with Crippen LogP contribution < -0.4 is 15.5 Å². The van der Waals surface area contributed by atoms with E-state index in [1.54, 1.807) is 4.90 Å². The molecule has 35 heavy (non-hydrogen) atoms. The molecule has 4 rings (SSSR count). The van der Waals surface area contributed by atoms with Crippen molar-refractivity contribution in [2.24, 2.45) is 0 Å². The lowest BCUT2D eigenvalue weighted by Gasteiger charge is -2.35. The van der Waals surface area contributed by atoms with Crippen molar-refractivity contribution in [3.05, 3.63) is 11.9 Å². The molecule has 0 spiro atoms. The number of piperazine rings is 1. The number of rotatable bonds is 8. The van der Waals surface area contributed by atoms with Crippen LogP contribution in [-0.4, -0.2) is 101 Å². The van der Waals surface area contributed by atoms with Gasteiger partial charge in [0.1, 0.15) is 12.3 Å². The summed E-state index contributed by atoms with van der Waals surface area (Å²) in [6.07, 6.45) is -0.827. The van der Waals surface area contributed by atoms with Crippen LogP contribution in [0, 0.1) is 0 Å². The zero-order valence-corrected chi connectivity index (χ0v) is 19.6. The Kier molecular flexibility index (Phi) is 8.13. The number of carbonyl (C=O) groups is 1. The Morgan fingerprint density at radius 1 is 1.06 bits per heavy atom. The van der Waals surface area contributed by atoms with Crippen LogP contribution in [0.25, 0.3) is 11.4 Å². The average Bonchev–Trinajstić information content (AvgIpc) is 2.89. The van der Waals surface area contributed by atoms with Gasteiger partial charge in [0.05, 0.1) is 18.8 Å². The molecule has 0 bridgehead atoms. The van der Waals surface area contributed by atoms with E-state index in [2.05, 4.69) is 24.9 Å². The van der Waals surface area contributed by atoms with Crippen molar-refractivity contribution >= 4 is 23.8 Å². The lowest BCUT2D eigenvalue weighted by Crippen LogP contribution is -2.50. The summed E-state index contributed by atoms with van der Waals surface area (Å²) >= 11 is 0. The van der Waals surface area contributed by atoms with E-state index in [1.165, 1.54) is 6.20 Å². The largest absolute Gasteiger partial charge is 0.378 e. The topological polar surface area (TPSA) is 136 Å². The van der Waals surface area contributed by atoms with Gasteiger partial charge < -0.3 is 29.9 Å². The van der Waals surface area contributed by atoms with Gasteiger partial charge in [0.15, 0.2) is 5.82 Å². The van der Waals surface area contributed by atoms with E-state index in [4.69, 9.17) is 15.2 Å². The van der Waals surface area contributed by atoms with Gasteiger partial charge in [0.25, 0.3) is 6.43 Å². The minimum absolute atomic E-state index is 0.00533. The van der Waals surface area contributed by atoms with Gasteiger partial charge in [-0.05, 0) is 6.42 Å². The number of amides is 1. The molecule has 2 aromatic rings. The maximum atomic E-state index is 13.7. The highest BCUT2D eigenvalue weighted by Gasteiger charge is 2.27. The molecule has 2 aliphatic heterocycles. The predicted octanol–water partition coefficient (Wildman–Crippen LogP) is 0.760. The Morgan fingerprint density at radius 2 is 1.71 bits per heavy atom. The second-order valence-corrected chi connectivity index (χ2v) is 8.11. The number of aromatic nitrogens is 5. The Balaban J connectivity index is 1.60. The SMILES string of the molecule is CCCOCC(=O)N1CCN(c2nc(-c3cnc(N)nc3C(F)F)nc(N3CCOCC3)n2)CC1. The van der Waals surface area contributed by atoms with E-state index in [9.17, 15) is 13.6 Å². The van der Waals surface area contributed by atoms with E-state index in [1.807, 2.05) is 16.7 Å². The molecule has 4 heterocycles. The van der Waals surface area contributed by atoms with E-state index in [-0.39, 0.29) is 29.9 Å². The summed E-state index contributed by atoms with van der Waals surface area (Å²) in [5, 5.41) is 0. The first-order valence-electron chi connectivity index (χ1n) is 11.6. The van der Waals surface area contributed by atoms with Gasteiger partial charge >= 0.3 is 0 Å². The molecule has 14 heteroatoms. The molecule has 2 aliphatic rings. The van der Waals surface area contributed by atoms with Gasteiger partial charge in [-0.15, -0.1) is 0 Å². The van der Waals surface area contributed by atoms with Crippen LogP contribution in [0.4, 0.5) is 26.6 Å². The molecule has 0 saturated carbocycles. The molecule has 2 aromatic heterocycles. The number of morpholine rings is 1. The van der Waals surface area contributed by atoms with Crippen LogP contribution in [-0.2, 0) is 14.3 Å². The van der Waals surface area contributed by atoms with Gasteiger partial charge in [-0.2, -0.15) is 15.0 Å². The second-order valence-electron chi connectivity index (χ2n) is 8.11. The van der Waals surface area contributed by atoms with Crippen molar-refractivity contribution in [2.45, 2.75) is 19.8 Å². The first-order valence-corrected chi connectivity index (χ1v) is 11.6. The standard InChI is InChI=1S/C21H29F2N9O3/c1-2-9-35-13-15(33)30-3-5-31(6-4-30)20-27-18(14-12-25-19(24)26-16(14)17(22)23)28-21(29-20)32-7-10-34-11-8-32/h12,17H,2-11,13H2,1H3,(H2,24,25,26). The van der Waals surface area contributed by atoms with Crippen molar-refractivity contribution in [1.82, 2.24) is 29.8 Å². The monoisotopic (exact) mass is 493 g/mol. The highest BCUT2D eigenvalue weighted by Crippen LogP contribution is 2.29. The van der Waals surface area contributed by atoms with Crippen LogP contribution in [0.3, 0.4) is 0 Å². The molecule has 0 atom stereocenters. The number of alkyl halides is 2. The third-order valence-electron chi connectivity index (χ3n) is 5.68. The highest BCUT2D eigenvalue weighted by molar-refractivity contribution is 5.77. The third-order valence-corrected chi connectivity index (χ3v) is 5.68. The zero-order valence-electron chi connectivity index (χ0n) is 19.6. The van der Waals surface area contributed by atoms with E-state index in [0.29, 0.717) is 71.0 Å². The van der Waals surface area contributed by atoms with Crippen molar-refractivity contribution in [1.29, 1.82) is 0 Å². The van der Waals surface area contributed by atoms with Gasteiger partial charge in [-0.25, -0.2) is 18.7 Å². The summed E-state index contributed by atoms with van der Waals surface area (Å²) in [5.74, 6) is 0.414. The summed E-state index contributed by atoms with van der Waals surface area (Å²) in [5.41, 5.74) is 4.99. The van der Waals surface area contributed by atoms with E-state index < -0.39 is 12.1 Å². The number of carbonyl (C=O) groups excluding carboxylic acids is 1. The molecule has 190 valence electrons. The van der Waals surface area contributed by atoms with Gasteiger partial charge in [-0.3, -0.25) is 4.79 Å². The summed E-state index contributed by atoms with van der Waals surface area (Å²) in [6, 6.07) is 0. The fourth-order valence-corrected chi connectivity index (χ4v) is 3.82. The minimum Gasteiger partial charge on any atom is -0.378 e. The van der Waals surface area contributed by atoms with E-state index in [0.717, 1.165) is 6.42 Å². The highest BCUT2D eigenvalue weighted by atomic mass is 19.3. The molecule has 0 unspecified atom stereocenters. The number of hydrogen-bond acceptors (Lipinski definition) is 11. The van der Waals surface area contributed by atoms with Crippen molar-refractivity contribution < 1.29 is 23.0 Å². The van der Waals surface area contributed by atoms with Gasteiger partial charge in [0, 0.05) is 52.1 Å². The normalized spacial score (nSPS) is 16.7. The van der Waals surface area contributed by atoms with E-state index >= 15 is 0 Å². The number of nitrogens with zero attached hydrogens (tertiary/aromatic N) is 8. The summed E-state index contributed by atoms with van der Waals surface area (Å²) < 4.78 is 38.2. The van der Waals surface area contributed by atoms with Crippen molar-refractivity contribution in [2.75, 3.05) is 81.2 Å². The number of ether oxygens (including phenoxy) is 2. The first kappa shape index (κ1) is 24.9. The molecule has 12 nitrogen and oxygen atoms in total. The summed E-state index contributed by atoms with van der Waals surface area (Å²) in [7, 11) is 0. The quantitative estimate of drug-likeness (QED) is 0.522. The maximum Gasteiger partial charge on any atom is 0.281 e. The number of halogens is 2. The Labute approximate surface area is 201 Å². The second kappa shape index (κ2) is 11.4. The van der Waals surface area contributed by atoms with Crippen molar-refractivity contribution in [3.8, 4) is 11.4 Å². The van der Waals surface area contributed by atoms with Crippen LogP contribution in [0.5, 0.6) is 0 Å². The average molecular weight is 494 g/mol. The Bertz CT molecular complexity index is 1020. The third kappa shape index (κ3) is 6.06. The van der Waals surface area contributed by atoms with Gasteiger partial charge in [0.2, 0.25) is 23.8 Å². The summed E-state index contributed by atoms with van der Waals surface area (Å²) in [4.78, 5) is 39.1. The first-order chi connectivity index (χ1) is 17.0. The number of nitrogen functional groups attached to an aromatic ring is 1. The van der Waals surface area contributed by atoms with Crippen LogP contribution >= 0.6 is 0 Å². The van der Waals surface area contributed by atoms with Crippen molar-refractivity contribution in [3.63, 3.8) is 0 Å². The molecule has 2 saturated heterocycles. The maximum absolute atomic E-state index is 13.7.